The van der Waals surface area contributed by atoms with Gasteiger partial charge in [-0.15, -0.1) is 0 Å². The van der Waals surface area contributed by atoms with E-state index in [0.717, 1.165) is 11.8 Å². The highest BCUT2D eigenvalue weighted by molar-refractivity contribution is 9.09. The van der Waals surface area contributed by atoms with Gasteiger partial charge in [-0.2, -0.15) is 0 Å². The lowest BCUT2D eigenvalue weighted by Gasteiger charge is -1.96. The Kier molecular flexibility index (Phi) is 3.04. The molecule has 0 radical (unpaired) electrons. The van der Waals surface area contributed by atoms with Crippen molar-refractivity contribution in [1.82, 2.24) is 4.98 Å². The van der Waals surface area contributed by atoms with Crippen LogP contribution in [-0.2, 0) is 0 Å². The lowest BCUT2D eigenvalue weighted by atomic mass is 10.1. The standard InChI is InChI=1S/C12H12BrN/c13-8-2-1-4-10-5-3-6-11-7-9-14-12(10)11/h1,3-7,9,14H,2,8H2. The topological polar surface area (TPSA) is 15.8 Å². The SMILES string of the molecule is BrCCC=Cc1cccc2cc[nH]c12. The van der Waals surface area contributed by atoms with Gasteiger partial charge in [0.1, 0.15) is 0 Å². The van der Waals surface area contributed by atoms with Gasteiger partial charge in [0.2, 0.25) is 0 Å². The van der Waals surface area contributed by atoms with Crippen molar-refractivity contribution in [2.45, 2.75) is 6.42 Å². The summed E-state index contributed by atoms with van der Waals surface area (Å²) < 4.78 is 0. The second-order valence-electron chi connectivity index (χ2n) is 3.17. The van der Waals surface area contributed by atoms with Crippen molar-refractivity contribution in [3.8, 4) is 0 Å². The third-order valence-electron chi connectivity index (χ3n) is 2.19. The van der Waals surface area contributed by atoms with Crippen LogP contribution in [0.5, 0.6) is 0 Å². The summed E-state index contributed by atoms with van der Waals surface area (Å²) in [6.45, 7) is 0. The molecule has 0 bridgehead atoms. The summed E-state index contributed by atoms with van der Waals surface area (Å²) in [4.78, 5) is 3.25. The minimum atomic E-state index is 1.02. The first-order valence-corrected chi connectivity index (χ1v) is 5.82. The van der Waals surface area contributed by atoms with E-state index < -0.39 is 0 Å². The van der Waals surface area contributed by atoms with E-state index in [-0.39, 0.29) is 0 Å². The summed E-state index contributed by atoms with van der Waals surface area (Å²) in [6.07, 6.45) is 7.40. The summed E-state index contributed by atoms with van der Waals surface area (Å²) in [6, 6.07) is 8.43. The molecule has 0 saturated carbocycles. The third-order valence-corrected chi connectivity index (χ3v) is 2.65. The number of allylic oxidation sites excluding steroid dienone is 1. The van der Waals surface area contributed by atoms with Gasteiger partial charge in [0.25, 0.3) is 0 Å². The van der Waals surface area contributed by atoms with Crippen LogP contribution in [0, 0.1) is 0 Å². The highest BCUT2D eigenvalue weighted by atomic mass is 79.9. The molecule has 0 spiro atoms. The number of H-pyrrole nitrogens is 1. The number of alkyl halides is 1. The van der Waals surface area contributed by atoms with E-state index in [4.69, 9.17) is 0 Å². The molecule has 14 heavy (non-hydrogen) atoms. The third kappa shape index (κ3) is 1.90. The summed E-state index contributed by atoms with van der Waals surface area (Å²) in [5, 5.41) is 2.29. The zero-order chi connectivity index (χ0) is 9.80. The van der Waals surface area contributed by atoms with Gasteiger partial charge in [-0.25, -0.2) is 0 Å². The maximum Gasteiger partial charge on any atom is 0.0527 e. The van der Waals surface area contributed by atoms with Crippen molar-refractivity contribution in [3.05, 3.63) is 42.1 Å². The lowest BCUT2D eigenvalue weighted by Crippen LogP contribution is -1.75. The Morgan fingerprint density at radius 2 is 2.21 bits per heavy atom. The number of benzene rings is 1. The molecule has 0 unspecified atom stereocenters. The van der Waals surface area contributed by atoms with Crippen molar-refractivity contribution in [3.63, 3.8) is 0 Å². The second kappa shape index (κ2) is 4.47. The monoisotopic (exact) mass is 249 g/mol. The van der Waals surface area contributed by atoms with Crippen LogP contribution in [0.15, 0.2) is 36.5 Å². The van der Waals surface area contributed by atoms with Crippen LogP contribution < -0.4 is 0 Å². The second-order valence-corrected chi connectivity index (χ2v) is 3.96. The van der Waals surface area contributed by atoms with Gasteiger partial charge in [0, 0.05) is 11.5 Å². The quantitative estimate of drug-likeness (QED) is 0.793. The van der Waals surface area contributed by atoms with Crippen LogP contribution in [0.1, 0.15) is 12.0 Å². The van der Waals surface area contributed by atoms with E-state index in [9.17, 15) is 0 Å². The van der Waals surface area contributed by atoms with E-state index in [1.165, 1.54) is 16.5 Å². The molecule has 1 aromatic heterocycles. The van der Waals surface area contributed by atoms with Crippen LogP contribution in [0.3, 0.4) is 0 Å². The van der Waals surface area contributed by atoms with E-state index >= 15 is 0 Å². The summed E-state index contributed by atoms with van der Waals surface area (Å²) >= 11 is 3.41. The molecule has 1 aromatic carbocycles. The molecule has 0 saturated heterocycles. The fraction of sp³-hybridized carbons (Fsp3) is 0.167. The first-order chi connectivity index (χ1) is 6.92. The number of para-hydroxylation sites is 1. The zero-order valence-electron chi connectivity index (χ0n) is 7.83. The Bertz CT molecular complexity index is 442. The van der Waals surface area contributed by atoms with E-state index in [0.29, 0.717) is 0 Å². The molecule has 0 aliphatic carbocycles. The number of aromatic amines is 1. The van der Waals surface area contributed by atoms with Gasteiger partial charge in [-0.1, -0.05) is 46.3 Å². The molecule has 2 aromatic rings. The fourth-order valence-electron chi connectivity index (χ4n) is 1.52. The van der Waals surface area contributed by atoms with Crippen LogP contribution in [-0.4, -0.2) is 10.3 Å². The molecule has 1 N–H and O–H groups in total. The number of nitrogens with one attached hydrogen (secondary N) is 1. The highest BCUT2D eigenvalue weighted by Crippen LogP contribution is 2.18. The Morgan fingerprint density at radius 3 is 3.07 bits per heavy atom. The van der Waals surface area contributed by atoms with Crippen molar-refractivity contribution >= 4 is 32.9 Å². The van der Waals surface area contributed by atoms with Gasteiger partial charge in [0.05, 0.1) is 5.52 Å². The normalized spacial score (nSPS) is 11.5. The Hall–Kier alpha value is -1.02. The predicted molar refractivity (Wildman–Crippen MR) is 65.7 cm³/mol. The maximum atomic E-state index is 3.41. The molecule has 0 aliphatic heterocycles. The van der Waals surface area contributed by atoms with E-state index in [1.807, 2.05) is 6.20 Å². The van der Waals surface area contributed by atoms with Gasteiger partial charge < -0.3 is 4.98 Å². The predicted octanol–water partition coefficient (Wildman–Crippen LogP) is 3.97. The molecular weight excluding hydrogens is 238 g/mol. The smallest absolute Gasteiger partial charge is 0.0527 e. The van der Waals surface area contributed by atoms with E-state index in [2.05, 4.69) is 57.3 Å². The molecule has 1 nitrogen and oxygen atoms in total. The van der Waals surface area contributed by atoms with Crippen molar-refractivity contribution in [2.24, 2.45) is 0 Å². The Balaban J connectivity index is 2.36. The molecular formula is C12H12BrN. The zero-order valence-corrected chi connectivity index (χ0v) is 9.42. The average molecular weight is 250 g/mol. The number of hydrogen-bond acceptors (Lipinski definition) is 0. The molecule has 0 aliphatic rings. The summed E-state index contributed by atoms with van der Waals surface area (Å²) in [7, 11) is 0. The van der Waals surface area contributed by atoms with Crippen molar-refractivity contribution in [2.75, 3.05) is 5.33 Å². The maximum absolute atomic E-state index is 3.41. The van der Waals surface area contributed by atoms with Crippen LogP contribution in [0.4, 0.5) is 0 Å². The van der Waals surface area contributed by atoms with Gasteiger partial charge in [-0.3, -0.25) is 0 Å². The summed E-state index contributed by atoms with van der Waals surface area (Å²) in [5.74, 6) is 0. The molecule has 0 fully saturated rings. The van der Waals surface area contributed by atoms with Crippen LogP contribution >= 0.6 is 15.9 Å². The molecule has 72 valence electrons. The molecule has 0 atom stereocenters. The lowest BCUT2D eigenvalue weighted by molar-refractivity contribution is 1.27. The average Bonchev–Trinajstić information content (AvgIpc) is 2.67. The first-order valence-electron chi connectivity index (χ1n) is 4.70. The van der Waals surface area contributed by atoms with Crippen molar-refractivity contribution < 1.29 is 0 Å². The fourth-order valence-corrected chi connectivity index (χ4v) is 1.79. The Labute approximate surface area is 92.0 Å². The number of aromatic nitrogens is 1. The van der Waals surface area contributed by atoms with Gasteiger partial charge in [0.15, 0.2) is 0 Å². The van der Waals surface area contributed by atoms with Gasteiger partial charge in [-0.05, 0) is 23.4 Å². The number of rotatable bonds is 3. The number of fused-ring (bicyclic) bond motifs is 1. The minimum absolute atomic E-state index is 1.02. The molecule has 1 heterocycles. The van der Waals surface area contributed by atoms with Gasteiger partial charge >= 0.3 is 0 Å². The number of halogens is 1. The first kappa shape index (κ1) is 9.53. The van der Waals surface area contributed by atoms with Crippen LogP contribution in [0.25, 0.3) is 17.0 Å². The minimum Gasteiger partial charge on any atom is -0.361 e. The largest absolute Gasteiger partial charge is 0.361 e. The molecule has 2 rings (SSSR count). The van der Waals surface area contributed by atoms with Crippen LogP contribution in [0.2, 0.25) is 0 Å². The molecule has 2 heteroatoms. The van der Waals surface area contributed by atoms with Crippen molar-refractivity contribution in [1.29, 1.82) is 0 Å². The number of hydrogen-bond donors (Lipinski definition) is 1. The van der Waals surface area contributed by atoms with E-state index in [1.54, 1.807) is 0 Å². The summed E-state index contributed by atoms with van der Waals surface area (Å²) in [5.41, 5.74) is 2.48. The molecule has 0 amide bonds. The Morgan fingerprint density at radius 1 is 1.29 bits per heavy atom. The highest BCUT2D eigenvalue weighted by Gasteiger charge is 1.96.